The van der Waals surface area contributed by atoms with Crippen molar-refractivity contribution in [2.24, 2.45) is 0 Å². The summed E-state index contributed by atoms with van der Waals surface area (Å²) in [7, 11) is -2.77. The van der Waals surface area contributed by atoms with Gasteiger partial charge in [0, 0.05) is 0 Å². The molecule has 0 heterocycles. The molecule has 0 radical (unpaired) electrons. The molecule has 2 rings (SSSR count). The minimum Gasteiger partial charge on any atom is -0.496 e. The first-order valence-corrected chi connectivity index (χ1v) is 7.51. The summed E-state index contributed by atoms with van der Waals surface area (Å²) in [4.78, 5) is 10.8. The number of halogens is 1. The first-order valence-electron chi connectivity index (χ1n) is 6.03. The molecule has 0 bridgehead atoms. The molecule has 0 unspecified atom stereocenters. The SMILES string of the molecule is COc1ccc(S(=O)(=O)Nc2cccc(F)c2)cc1C(=O)O. The molecule has 0 spiro atoms. The zero-order valence-corrected chi connectivity index (χ0v) is 12.2. The normalized spacial score (nSPS) is 11.0. The van der Waals surface area contributed by atoms with E-state index in [0.717, 1.165) is 12.1 Å². The van der Waals surface area contributed by atoms with E-state index in [0.29, 0.717) is 0 Å². The van der Waals surface area contributed by atoms with Gasteiger partial charge in [-0.2, -0.15) is 0 Å². The molecule has 0 saturated heterocycles. The van der Waals surface area contributed by atoms with Gasteiger partial charge in [0.2, 0.25) is 0 Å². The van der Waals surface area contributed by atoms with Gasteiger partial charge in [0.05, 0.1) is 17.7 Å². The average molecular weight is 325 g/mol. The Kier molecular flexibility index (Phi) is 4.32. The summed E-state index contributed by atoms with van der Waals surface area (Å²) in [5.41, 5.74) is -0.252. The highest BCUT2D eigenvalue weighted by atomic mass is 32.2. The van der Waals surface area contributed by atoms with Crippen LogP contribution in [0.25, 0.3) is 0 Å². The topological polar surface area (TPSA) is 92.7 Å². The number of rotatable bonds is 5. The van der Waals surface area contributed by atoms with Crippen molar-refractivity contribution in [3.05, 3.63) is 53.8 Å². The van der Waals surface area contributed by atoms with Crippen molar-refractivity contribution in [1.29, 1.82) is 0 Å². The number of anilines is 1. The van der Waals surface area contributed by atoms with Gasteiger partial charge >= 0.3 is 5.97 Å². The van der Waals surface area contributed by atoms with Gasteiger partial charge in [-0.3, -0.25) is 4.72 Å². The lowest BCUT2D eigenvalue weighted by Crippen LogP contribution is -2.14. The van der Waals surface area contributed by atoms with Crippen molar-refractivity contribution in [3.63, 3.8) is 0 Å². The van der Waals surface area contributed by atoms with Crippen molar-refractivity contribution in [3.8, 4) is 5.75 Å². The van der Waals surface area contributed by atoms with Crippen LogP contribution in [-0.4, -0.2) is 26.6 Å². The molecule has 2 aromatic rings. The summed E-state index contributed by atoms with van der Waals surface area (Å²) in [6, 6.07) is 8.33. The van der Waals surface area contributed by atoms with E-state index in [2.05, 4.69) is 4.72 Å². The molecule has 22 heavy (non-hydrogen) atoms. The highest BCUT2D eigenvalue weighted by Gasteiger charge is 2.19. The Morgan fingerprint density at radius 3 is 2.55 bits per heavy atom. The van der Waals surface area contributed by atoms with Crippen LogP contribution in [0.5, 0.6) is 5.75 Å². The van der Waals surface area contributed by atoms with Crippen LogP contribution in [-0.2, 0) is 10.0 Å². The zero-order valence-electron chi connectivity index (χ0n) is 11.4. The fourth-order valence-corrected chi connectivity index (χ4v) is 2.86. The number of carboxylic acid groups (broad SMARTS) is 1. The molecule has 0 aromatic heterocycles. The Morgan fingerprint density at radius 1 is 1.23 bits per heavy atom. The number of methoxy groups -OCH3 is 1. The molecular weight excluding hydrogens is 313 g/mol. The zero-order chi connectivity index (χ0) is 16.3. The Morgan fingerprint density at radius 2 is 1.95 bits per heavy atom. The molecule has 0 atom stereocenters. The van der Waals surface area contributed by atoms with Crippen LogP contribution < -0.4 is 9.46 Å². The monoisotopic (exact) mass is 325 g/mol. The van der Waals surface area contributed by atoms with E-state index in [-0.39, 0.29) is 21.9 Å². The molecule has 2 N–H and O–H groups in total. The summed E-state index contributed by atoms with van der Waals surface area (Å²) in [5, 5.41) is 9.07. The third kappa shape index (κ3) is 3.34. The van der Waals surface area contributed by atoms with Gasteiger partial charge < -0.3 is 9.84 Å². The van der Waals surface area contributed by atoms with Gasteiger partial charge in [-0.05, 0) is 36.4 Å². The lowest BCUT2D eigenvalue weighted by molar-refractivity contribution is 0.0693. The number of aromatic carboxylic acids is 1. The van der Waals surface area contributed by atoms with E-state index in [9.17, 15) is 17.6 Å². The van der Waals surface area contributed by atoms with E-state index >= 15 is 0 Å². The van der Waals surface area contributed by atoms with Gasteiger partial charge in [0.1, 0.15) is 17.1 Å². The van der Waals surface area contributed by atoms with Gasteiger partial charge in [0.25, 0.3) is 10.0 Å². The second-order valence-corrected chi connectivity index (χ2v) is 5.97. The maximum absolute atomic E-state index is 13.1. The Bertz CT molecular complexity index is 820. The Labute approximate surface area is 126 Å². The Balaban J connectivity index is 2.41. The average Bonchev–Trinajstić information content (AvgIpc) is 2.46. The highest BCUT2D eigenvalue weighted by Crippen LogP contribution is 2.24. The second-order valence-electron chi connectivity index (χ2n) is 4.28. The lowest BCUT2D eigenvalue weighted by Gasteiger charge is -2.10. The number of sulfonamides is 1. The first kappa shape index (κ1) is 15.8. The van der Waals surface area contributed by atoms with E-state index in [1.165, 1.54) is 37.4 Å². The standard InChI is InChI=1S/C14H12FNO5S/c1-21-13-6-5-11(8-12(13)14(17)18)22(19,20)16-10-4-2-3-9(15)7-10/h2-8,16H,1H3,(H,17,18). The minimum absolute atomic E-state index is 0.0349. The van der Waals surface area contributed by atoms with Crippen LogP contribution in [0.3, 0.4) is 0 Å². The van der Waals surface area contributed by atoms with E-state index < -0.39 is 21.8 Å². The smallest absolute Gasteiger partial charge is 0.339 e. The predicted molar refractivity (Wildman–Crippen MR) is 77.2 cm³/mol. The number of carbonyl (C=O) groups is 1. The predicted octanol–water partition coefficient (Wildman–Crippen LogP) is 2.33. The Hall–Kier alpha value is -2.61. The fourth-order valence-electron chi connectivity index (χ4n) is 1.79. The van der Waals surface area contributed by atoms with Crippen LogP contribution in [0, 0.1) is 5.82 Å². The quantitative estimate of drug-likeness (QED) is 0.880. The van der Waals surface area contributed by atoms with Crippen molar-refractivity contribution in [1.82, 2.24) is 0 Å². The summed E-state index contributed by atoms with van der Waals surface area (Å²) in [6.07, 6.45) is 0. The molecule has 0 aliphatic rings. The number of carboxylic acids is 1. The van der Waals surface area contributed by atoms with E-state index in [1.54, 1.807) is 0 Å². The third-order valence-electron chi connectivity index (χ3n) is 2.79. The first-order chi connectivity index (χ1) is 10.3. The molecule has 0 amide bonds. The van der Waals surface area contributed by atoms with Gasteiger partial charge in [-0.25, -0.2) is 17.6 Å². The molecule has 0 aliphatic carbocycles. The maximum atomic E-state index is 13.1. The molecule has 0 saturated carbocycles. The highest BCUT2D eigenvalue weighted by molar-refractivity contribution is 7.92. The largest absolute Gasteiger partial charge is 0.496 e. The van der Waals surface area contributed by atoms with Gasteiger partial charge in [-0.1, -0.05) is 6.07 Å². The lowest BCUT2D eigenvalue weighted by atomic mass is 10.2. The van der Waals surface area contributed by atoms with Crippen LogP contribution in [0.1, 0.15) is 10.4 Å². The van der Waals surface area contributed by atoms with Crippen molar-refractivity contribution in [2.45, 2.75) is 4.90 Å². The summed E-state index contributed by atoms with van der Waals surface area (Å²) < 4.78 is 44.6. The molecular formula is C14H12FNO5S. The van der Waals surface area contributed by atoms with Crippen LogP contribution in [0.2, 0.25) is 0 Å². The van der Waals surface area contributed by atoms with Crippen molar-refractivity contribution in [2.75, 3.05) is 11.8 Å². The van der Waals surface area contributed by atoms with Gasteiger partial charge in [0.15, 0.2) is 0 Å². The maximum Gasteiger partial charge on any atom is 0.339 e. The molecule has 6 nitrogen and oxygen atoms in total. The number of ether oxygens (including phenoxy) is 1. The number of hydrogen-bond donors (Lipinski definition) is 2. The number of nitrogens with one attached hydrogen (secondary N) is 1. The minimum atomic E-state index is -4.05. The summed E-state index contributed by atoms with van der Waals surface area (Å²) >= 11 is 0. The summed E-state index contributed by atoms with van der Waals surface area (Å²) in [5.74, 6) is -1.88. The number of benzene rings is 2. The van der Waals surface area contributed by atoms with Crippen LogP contribution in [0.4, 0.5) is 10.1 Å². The van der Waals surface area contributed by atoms with Crippen LogP contribution >= 0.6 is 0 Å². The summed E-state index contributed by atoms with van der Waals surface area (Å²) in [6.45, 7) is 0. The van der Waals surface area contributed by atoms with Crippen LogP contribution in [0.15, 0.2) is 47.4 Å². The second kappa shape index (κ2) is 6.02. The van der Waals surface area contributed by atoms with Crippen molar-refractivity contribution >= 4 is 21.7 Å². The van der Waals surface area contributed by atoms with E-state index in [1.807, 2.05) is 0 Å². The van der Waals surface area contributed by atoms with Gasteiger partial charge in [-0.15, -0.1) is 0 Å². The molecule has 8 heteroatoms. The third-order valence-corrected chi connectivity index (χ3v) is 4.17. The van der Waals surface area contributed by atoms with Crippen molar-refractivity contribution < 1.29 is 27.4 Å². The van der Waals surface area contributed by atoms with E-state index in [4.69, 9.17) is 9.84 Å². The molecule has 0 fully saturated rings. The number of hydrogen-bond acceptors (Lipinski definition) is 4. The molecule has 0 aliphatic heterocycles. The molecule has 116 valence electrons. The molecule has 2 aromatic carbocycles. The fraction of sp³-hybridized carbons (Fsp3) is 0.0714.